The average molecular weight is 235 g/mol. The van der Waals surface area contributed by atoms with E-state index in [0.29, 0.717) is 10.6 Å². The van der Waals surface area contributed by atoms with Gasteiger partial charge in [0, 0.05) is 19.1 Å². The maximum Gasteiger partial charge on any atom is 0.264 e. The molecule has 0 radical (unpaired) electrons. The lowest BCUT2D eigenvalue weighted by molar-refractivity contribution is -0.124. The Kier molecular flexibility index (Phi) is 4.10. The Labute approximate surface area is 99.5 Å². The summed E-state index contributed by atoms with van der Waals surface area (Å²) in [5.41, 5.74) is 0.731. The summed E-state index contributed by atoms with van der Waals surface area (Å²) in [6.45, 7) is 0. The van der Waals surface area contributed by atoms with Crippen LogP contribution in [0.25, 0.3) is 6.08 Å². The van der Waals surface area contributed by atoms with Crippen molar-refractivity contribution in [2.45, 2.75) is 0 Å². The van der Waals surface area contributed by atoms with E-state index < -0.39 is 0 Å². The molecule has 0 unspecified atom stereocenters. The van der Waals surface area contributed by atoms with E-state index in [2.05, 4.69) is 0 Å². The lowest BCUT2D eigenvalue weighted by Gasteiger charge is -2.08. The van der Waals surface area contributed by atoms with Crippen LogP contribution in [0.3, 0.4) is 0 Å². The van der Waals surface area contributed by atoms with Crippen molar-refractivity contribution in [3.63, 3.8) is 0 Å². The molecule has 1 aromatic carbocycles. The first-order chi connectivity index (χ1) is 7.56. The van der Waals surface area contributed by atoms with Crippen LogP contribution < -0.4 is 0 Å². The molecule has 0 fully saturated rings. The molecule has 0 aromatic heterocycles. The molecule has 0 atom stereocenters. The number of carbonyl (C=O) groups excluding carboxylic acids is 1. The van der Waals surface area contributed by atoms with Crippen LogP contribution in [0.5, 0.6) is 0 Å². The molecule has 0 saturated carbocycles. The third-order valence-corrected chi connectivity index (χ3v) is 2.31. The standard InChI is InChI=1S/C12H11ClN2O/c1-15(2)12(16)10(8-14)7-9-5-3-4-6-11(9)13/h3-7H,1-2H3/b10-7+. The average Bonchev–Trinajstić information content (AvgIpc) is 2.27. The highest BCUT2D eigenvalue weighted by Gasteiger charge is 2.11. The zero-order valence-electron chi connectivity index (χ0n) is 9.07. The first kappa shape index (κ1) is 12.3. The van der Waals surface area contributed by atoms with Gasteiger partial charge in [0.2, 0.25) is 0 Å². The van der Waals surface area contributed by atoms with Crippen LogP contribution in [0, 0.1) is 11.3 Å². The largest absolute Gasteiger partial charge is 0.344 e. The van der Waals surface area contributed by atoms with Crippen molar-refractivity contribution < 1.29 is 4.79 Å². The number of rotatable bonds is 2. The van der Waals surface area contributed by atoms with E-state index in [0.717, 1.165) is 0 Å². The SMILES string of the molecule is CN(C)C(=O)/C(C#N)=C/c1ccccc1Cl. The van der Waals surface area contributed by atoms with Gasteiger partial charge in [0.05, 0.1) is 0 Å². The second kappa shape index (κ2) is 5.34. The van der Waals surface area contributed by atoms with Crippen molar-refractivity contribution in [3.8, 4) is 6.07 Å². The van der Waals surface area contributed by atoms with Gasteiger partial charge < -0.3 is 4.90 Å². The first-order valence-electron chi connectivity index (χ1n) is 4.64. The van der Waals surface area contributed by atoms with E-state index in [1.165, 1.54) is 11.0 Å². The minimum Gasteiger partial charge on any atom is -0.344 e. The van der Waals surface area contributed by atoms with Crippen molar-refractivity contribution in [1.82, 2.24) is 4.90 Å². The summed E-state index contributed by atoms with van der Waals surface area (Å²) in [4.78, 5) is 12.9. The normalized spacial score (nSPS) is 10.8. The Morgan fingerprint density at radius 3 is 2.56 bits per heavy atom. The fourth-order valence-corrected chi connectivity index (χ4v) is 1.32. The van der Waals surface area contributed by atoms with Gasteiger partial charge in [-0.1, -0.05) is 29.8 Å². The summed E-state index contributed by atoms with van der Waals surface area (Å²) in [6.07, 6.45) is 1.49. The third kappa shape index (κ3) is 2.85. The number of nitriles is 1. The van der Waals surface area contributed by atoms with Gasteiger partial charge in [-0.25, -0.2) is 0 Å². The quantitative estimate of drug-likeness (QED) is 0.582. The first-order valence-corrected chi connectivity index (χ1v) is 5.02. The number of benzene rings is 1. The van der Waals surface area contributed by atoms with E-state index in [9.17, 15) is 4.79 Å². The zero-order valence-corrected chi connectivity index (χ0v) is 9.82. The molecule has 1 rings (SSSR count). The van der Waals surface area contributed by atoms with Gasteiger partial charge in [-0.05, 0) is 17.7 Å². The van der Waals surface area contributed by atoms with E-state index in [-0.39, 0.29) is 11.5 Å². The minimum absolute atomic E-state index is 0.0677. The van der Waals surface area contributed by atoms with Gasteiger partial charge in [-0.3, -0.25) is 4.79 Å². The van der Waals surface area contributed by atoms with Gasteiger partial charge in [0.1, 0.15) is 11.6 Å². The zero-order chi connectivity index (χ0) is 12.1. The minimum atomic E-state index is -0.331. The lowest BCUT2D eigenvalue weighted by Crippen LogP contribution is -2.22. The van der Waals surface area contributed by atoms with Crippen LogP contribution >= 0.6 is 11.6 Å². The van der Waals surface area contributed by atoms with Crippen molar-refractivity contribution in [2.75, 3.05) is 14.1 Å². The van der Waals surface area contributed by atoms with Gasteiger partial charge in [0.25, 0.3) is 5.91 Å². The molecule has 0 aliphatic rings. The third-order valence-electron chi connectivity index (χ3n) is 1.96. The molecule has 0 aliphatic heterocycles. The Morgan fingerprint density at radius 2 is 2.06 bits per heavy atom. The van der Waals surface area contributed by atoms with E-state index >= 15 is 0 Å². The predicted molar refractivity (Wildman–Crippen MR) is 63.7 cm³/mol. The Balaban J connectivity index is 3.12. The van der Waals surface area contributed by atoms with Crippen molar-refractivity contribution in [2.24, 2.45) is 0 Å². The van der Waals surface area contributed by atoms with Crippen molar-refractivity contribution >= 4 is 23.6 Å². The van der Waals surface area contributed by atoms with Crippen LogP contribution in [0.15, 0.2) is 29.8 Å². The summed E-state index contributed by atoms with van der Waals surface area (Å²) < 4.78 is 0. The molecule has 0 N–H and O–H groups in total. The highest BCUT2D eigenvalue weighted by atomic mass is 35.5. The maximum absolute atomic E-state index is 11.6. The molecule has 1 aromatic rings. The number of halogens is 1. The number of hydrogen-bond acceptors (Lipinski definition) is 2. The summed E-state index contributed by atoms with van der Waals surface area (Å²) in [5, 5.41) is 9.40. The number of carbonyl (C=O) groups is 1. The fraction of sp³-hybridized carbons (Fsp3) is 0.167. The second-order valence-electron chi connectivity index (χ2n) is 3.39. The van der Waals surface area contributed by atoms with Crippen molar-refractivity contribution in [1.29, 1.82) is 5.26 Å². The molecular weight excluding hydrogens is 224 g/mol. The smallest absolute Gasteiger partial charge is 0.264 e. The van der Waals surface area contributed by atoms with Gasteiger partial charge in [0.15, 0.2) is 0 Å². The summed E-state index contributed by atoms with van der Waals surface area (Å²) in [5.74, 6) is -0.331. The van der Waals surface area contributed by atoms with Crippen LogP contribution in [0.4, 0.5) is 0 Å². The summed E-state index contributed by atoms with van der Waals surface area (Å²) in [6, 6.07) is 8.92. The molecule has 0 bridgehead atoms. The monoisotopic (exact) mass is 234 g/mol. The van der Waals surface area contributed by atoms with Crippen molar-refractivity contribution in [3.05, 3.63) is 40.4 Å². The molecule has 3 nitrogen and oxygen atoms in total. The molecule has 1 amide bonds. The Bertz CT molecular complexity index is 472. The van der Waals surface area contributed by atoms with E-state index in [1.807, 2.05) is 6.07 Å². The number of nitrogens with zero attached hydrogens (tertiary/aromatic N) is 2. The number of amides is 1. The van der Waals surface area contributed by atoms with Gasteiger partial charge in [-0.15, -0.1) is 0 Å². The van der Waals surface area contributed by atoms with Crippen LogP contribution in [-0.4, -0.2) is 24.9 Å². The topological polar surface area (TPSA) is 44.1 Å². The Morgan fingerprint density at radius 1 is 1.44 bits per heavy atom. The van der Waals surface area contributed by atoms with Crippen LogP contribution in [-0.2, 0) is 4.79 Å². The van der Waals surface area contributed by atoms with Gasteiger partial charge in [-0.2, -0.15) is 5.26 Å². The molecule has 4 heteroatoms. The molecule has 0 spiro atoms. The predicted octanol–water partition coefficient (Wildman–Crippen LogP) is 2.34. The van der Waals surface area contributed by atoms with Crippen LogP contribution in [0.2, 0.25) is 5.02 Å². The molecular formula is C12H11ClN2O. The van der Waals surface area contributed by atoms with Crippen LogP contribution in [0.1, 0.15) is 5.56 Å². The van der Waals surface area contributed by atoms with Gasteiger partial charge >= 0.3 is 0 Å². The highest BCUT2D eigenvalue weighted by molar-refractivity contribution is 6.32. The summed E-state index contributed by atoms with van der Waals surface area (Å²) in [7, 11) is 3.19. The molecule has 82 valence electrons. The molecule has 16 heavy (non-hydrogen) atoms. The lowest BCUT2D eigenvalue weighted by atomic mass is 10.1. The molecule has 0 heterocycles. The molecule has 0 aliphatic carbocycles. The molecule has 0 saturated heterocycles. The van der Waals surface area contributed by atoms with E-state index in [4.69, 9.17) is 16.9 Å². The fourth-order valence-electron chi connectivity index (χ4n) is 1.13. The number of hydrogen-bond donors (Lipinski definition) is 0. The highest BCUT2D eigenvalue weighted by Crippen LogP contribution is 2.18. The summed E-state index contributed by atoms with van der Waals surface area (Å²) >= 11 is 5.93. The number of likely N-dealkylation sites (N-methyl/N-ethyl adjacent to an activating group) is 1. The second-order valence-corrected chi connectivity index (χ2v) is 3.80. The van der Waals surface area contributed by atoms with E-state index in [1.54, 1.807) is 38.4 Å². The Hall–Kier alpha value is -1.79. The maximum atomic E-state index is 11.6.